The Hall–Kier alpha value is -3.96. The minimum absolute atomic E-state index is 0.279. The van der Waals surface area contributed by atoms with Crippen molar-refractivity contribution < 1.29 is 14.6 Å². The summed E-state index contributed by atoms with van der Waals surface area (Å²) in [6.45, 7) is 5.75. The SMILES string of the molecule is CCC1(O)C2=C(c3cc(N4CCN(c5ccccc5)CC4)c(OC)cc3C3OC=CC=C23)c2ccccc21. The van der Waals surface area contributed by atoms with Crippen molar-refractivity contribution in [3.8, 4) is 5.75 Å². The second-order valence-corrected chi connectivity index (χ2v) is 10.4. The summed E-state index contributed by atoms with van der Waals surface area (Å²) in [6, 6.07) is 23.4. The predicted octanol–water partition coefficient (Wildman–Crippen LogP) is 5.96. The number of para-hydroxylation sites is 1. The van der Waals surface area contributed by atoms with Crippen molar-refractivity contribution >= 4 is 16.9 Å². The first kappa shape index (κ1) is 23.2. The number of ether oxygens (including phenoxy) is 2. The first-order valence-electron chi connectivity index (χ1n) is 13.5. The zero-order valence-corrected chi connectivity index (χ0v) is 21.9. The summed E-state index contributed by atoms with van der Waals surface area (Å²) in [5.41, 5.74) is 8.72. The standard InChI is InChI=1S/C33H32N2O3/c1-3-33(36)27-14-8-7-12-23(27)30-25-20-28(35-17-15-34(16-18-35)22-10-5-4-6-11-22)29(37-2)21-26(25)32-24(31(30)33)13-9-19-38-32/h4-14,19-21,32,36H,3,15-18H2,1-2H3. The average Bonchev–Trinajstić information content (AvgIpc) is 3.26. The van der Waals surface area contributed by atoms with E-state index < -0.39 is 5.60 Å². The van der Waals surface area contributed by atoms with Crippen LogP contribution in [0, 0.1) is 0 Å². The van der Waals surface area contributed by atoms with Gasteiger partial charge in [-0.3, -0.25) is 0 Å². The van der Waals surface area contributed by atoms with Crippen LogP contribution in [0.2, 0.25) is 0 Å². The van der Waals surface area contributed by atoms with Crippen LogP contribution >= 0.6 is 0 Å². The predicted molar refractivity (Wildman–Crippen MR) is 152 cm³/mol. The van der Waals surface area contributed by atoms with Gasteiger partial charge in [0.2, 0.25) is 0 Å². The molecule has 0 aromatic heterocycles. The average molecular weight is 505 g/mol. The Morgan fingerprint density at radius 3 is 2.45 bits per heavy atom. The molecule has 2 aliphatic carbocycles. The first-order chi connectivity index (χ1) is 18.6. The van der Waals surface area contributed by atoms with Crippen molar-refractivity contribution in [1.82, 2.24) is 0 Å². The summed E-state index contributed by atoms with van der Waals surface area (Å²) in [5.74, 6) is 0.857. The van der Waals surface area contributed by atoms with E-state index in [-0.39, 0.29) is 6.10 Å². The van der Waals surface area contributed by atoms with Crippen LogP contribution in [0.1, 0.15) is 41.7 Å². The molecule has 5 heteroatoms. The number of hydrogen-bond donors (Lipinski definition) is 1. The molecule has 4 aliphatic rings. The Labute approximate surface area is 223 Å². The summed E-state index contributed by atoms with van der Waals surface area (Å²) < 4.78 is 12.2. The molecule has 38 heavy (non-hydrogen) atoms. The van der Waals surface area contributed by atoms with Gasteiger partial charge < -0.3 is 24.4 Å². The number of piperazine rings is 1. The van der Waals surface area contributed by atoms with Gasteiger partial charge in [-0.15, -0.1) is 0 Å². The van der Waals surface area contributed by atoms with Gasteiger partial charge in [-0.2, -0.15) is 0 Å². The Morgan fingerprint density at radius 1 is 0.947 bits per heavy atom. The fourth-order valence-electron chi connectivity index (χ4n) is 6.72. The van der Waals surface area contributed by atoms with Crippen molar-refractivity contribution in [1.29, 1.82) is 0 Å². The van der Waals surface area contributed by atoms with E-state index in [1.165, 1.54) is 5.69 Å². The fourth-order valence-corrected chi connectivity index (χ4v) is 6.72. The smallest absolute Gasteiger partial charge is 0.149 e. The van der Waals surface area contributed by atoms with Gasteiger partial charge >= 0.3 is 0 Å². The maximum Gasteiger partial charge on any atom is 0.149 e. The van der Waals surface area contributed by atoms with Crippen LogP contribution in [0.5, 0.6) is 5.75 Å². The minimum Gasteiger partial charge on any atom is -0.495 e. The molecule has 2 atom stereocenters. The van der Waals surface area contributed by atoms with E-state index in [0.717, 1.165) is 76.6 Å². The Kier molecular flexibility index (Phi) is 5.38. The van der Waals surface area contributed by atoms with Crippen LogP contribution in [-0.2, 0) is 10.3 Å². The van der Waals surface area contributed by atoms with Gasteiger partial charge in [0.15, 0.2) is 0 Å². The number of fused-ring (bicyclic) bond motifs is 7. The van der Waals surface area contributed by atoms with Gasteiger partial charge in [-0.25, -0.2) is 0 Å². The van der Waals surface area contributed by atoms with Gasteiger partial charge in [0.25, 0.3) is 0 Å². The molecule has 0 bridgehead atoms. The van der Waals surface area contributed by atoms with Crippen molar-refractivity contribution in [2.24, 2.45) is 0 Å². The van der Waals surface area contributed by atoms with Crippen molar-refractivity contribution in [3.63, 3.8) is 0 Å². The van der Waals surface area contributed by atoms with Gasteiger partial charge in [0, 0.05) is 48.6 Å². The summed E-state index contributed by atoms with van der Waals surface area (Å²) in [5, 5.41) is 12.1. The lowest BCUT2D eigenvalue weighted by Gasteiger charge is -2.39. The second kappa shape index (κ2) is 8.81. The van der Waals surface area contributed by atoms with Crippen LogP contribution in [0.15, 0.2) is 96.3 Å². The lowest BCUT2D eigenvalue weighted by atomic mass is 9.75. The molecule has 2 unspecified atom stereocenters. The monoisotopic (exact) mass is 504 g/mol. The molecule has 0 spiro atoms. The van der Waals surface area contributed by atoms with Crippen molar-refractivity contribution in [3.05, 3.63) is 119 Å². The molecular weight excluding hydrogens is 472 g/mol. The Bertz CT molecular complexity index is 1500. The normalized spacial score (nSPS) is 23.2. The molecule has 1 N–H and O–H groups in total. The summed E-state index contributed by atoms with van der Waals surface area (Å²) in [7, 11) is 1.75. The number of aliphatic hydroxyl groups is 1. The summed E-state index contributed by atoms with van der Waals surface area (Å²) in [4.78, 5) is 4.87. The van der Waals surface area contributed by atoms with Crippen LogP contribution in [0.3, 0.4) is 0 Å². The highest BCUT2D eigenvalue weighted by Crippen LogP contribution is 2.59. The molecule has 0 saturated carbocycles. The van der Waals surface area contributed by atoms with E-state index >= 15 is 0 Å². The number of benzene rings is 3. The van der Waals surface area contributed by atoms with Crippen LogP contribution < -0.4 is 14.5 Å². The summed E-state index contributed by atoms with van der Waals surface area (Å²) >= 11 is 0. The molecule has 5 nitrogen and oxygen atoms in total. The number of rotatable bonds is 4. The van der Waals surface area contributed by atoms with Gasteiger partial charge in [-0.1, -0.05) is 55.5 Å². The molecule has 0 radical (unpaired) electrons. The lowest BCUT2D eigenvalue weighted by Crippen LogP contribution is -2.46. The third kappa shape index (κ3) is 3.28. The van der Waals surface area contributed by atoms with Crippen LogP contribution in [0.25, 0.3) is 5.57 Å². The van der Waals surface area contributed by atoms with Gasteiger partial charge in [-0.05, 0) is 59.0 Å². The third-order valence-corrected chi connectivity index (χ3v) is 8.60. The molecule has 1 fully saturated rings. The fraction of sp³-hybridized carbons (Fsp3) is 0.273. The van der Waals surface area contributed by atoms with Crippen molar-refractivity contribution in [2.75, 3.05) is 43.1 Å². The molecule has 3 aromatic rings. The first-order valence-corrected chi connectivity index (χ1v) is 13.5. The van der Waals surface area contributed by atoms with E-state index in [4.69, 9.17) is 9.47 Å². The van der Waals surface area contributed by atoms with Crippen LogP contribution in [0.4, 0.5) is 11.4 Å². The molecule has 0 amide bonds. The summed E-state index contributed by atoms with van der Waals surface area (Å²) in [6.07, 6.45) is 6.09. The van der Waals surface area contributed by atoms with E-state index in [9.17, 15) is 5.11 Å². The third-order valence-electron chi connectivity index (χ3n) is 8.60. The minimum atomic E-state index is -1.05. The van der Waals surface area contributed by atoms with E-state index in [1.54, 1.807) is 13.4 Å². The Morgan fingerprint density at radius 2 is 1.68 bits per heavy atom. The number of hydrogen-bond acceptors (Lipinski definition) is 5. The molecule has 1 saturated heterocycles. The quantitative estimate of drug-likeness (QED) is 0.475. The highest BCUT2D eigenvalue weighted by atomic mass is 16.5. The molecule has 2 heterocycles. The van der Waals surface area contributed by atoms with Gasteiger partial charge in [0.1, 0.15) is 17.5 Å². The van der Waals surface area contributed by atoms with Crippen LogP contribution in [-0.4, -0.2) is 38.4 Å². The van der Waals surface area contributed by atoms with Crippen molar-refractivity contribution in [2.45, 2.75) is 25.0 Å². The lowest BCUT2D eigenvalue weighted by molar-refractivity contribution is 0.0714. The number of anilines is 2. The second-order valence-electron chi connectivity index (χ2n) is 10.4. The topological polar surface area (TPSA) is 45.2 Å². The highest BCUT2D eigenvalue weighted by Gasteiger charge is 2.49. The van der Waals surface area contributed by atoms with E-state index in [1.807, 2.05) is 12.1 Å². The molecule has 192 valence electrons. The van der Waals surface area contributed by atoms with Gasteiger partial charge in [0.05, 0.1) is 19.1 Å². The number of allylic oxidation sites excluding steroid dienone is 2. The largest absolute Gasteiger partial charge is 0.495 e. The highest BCUT2D eigenvalue weighted by molar-refractivity contribution is 5.97. The van der Waals surface area contributed by atoms with E-state index in [0.29, 0.717) is 6.42 Å². The number of nitrogens with zero attached hydrogens (tertiary/aromatic N) is 2. The molecule has 2 aliphatic heterocycles. The molecule has 7 rings (SSSR count). The zero-order valence-electron chi connectivity index (χ0n) is 21.9. The maximum atomic E-state index is 12.1. The maximum absolute atomic E-state index is 12.1. The van der Waals surface area contributed by atoms with E-state index in [2.05, 4.69) is 83.5 Å². The number of methoxy groups -OCH3 is 1. The molecule has 3 aromatic carbocycles. The molecular formula is C33H32N2O3. The Balaban J connectivity index is 1.36. The zero-order chi connectivity index (χ0) is 25.9.